The van der Waals surface area contributed by atoms with Crippen molar-refractivity contribution < 1.29 is 9.90 Å². The standard InChI is InChI=1S/C13H16N4O2/c1-10-4-13(15-6-11(10)5-14)17(9-19)7-12(8-18)16(2)3/h4,6-7,9,18H,8H2,1-3H3/b12-7-. The zero-order chi connectivity index (χ0) is 14.4. The molecule has 0 fully saturated rings. The van der Waals surface area contributed by atoms with Gasteiger partial charge in [0, 0.05) is 26.5 Å². The van der Waals surface area contributed by atoms with Gasteiger partial charge in [-0.2, -0.15) is 5.26 Å². The van der Waals surface area contributed by atoms with Gasteiger partial charge in [0.2, 0.25) is 6.41 Å². The van der Waals surface area contributed by atoms with Gasteiger partial charge < -0.3 is 10.0 Å². The van der Waals surface area contributed by atoms with Gasteiger partial charge in [0.15, 0.2) is 0 Å². The third-order valence-electron chi connectivity index (χ3n) is 2.62. The number of hydrogen-bond acceptors (Lipinski definition) is 5. The molecular weight excluding hydrogens is 244 g/mol. The quantitative estimate of drug-likeness (QED) is 0.785. The van der Waals surface area contributed by atoms with E-state index in [1.807, 2.05) is 6.07 Å². The van der Waals surface area contributed by atoms with Crippen LogP contribution in [0.25, 0.3) is 0 Å². The van der Waals surface area contributed by atoms with E-state index < -0.39 is 0 Å². The number of likely N-dealkylation sites (N-methyl/N-ethyl adjacent to an activating group) is 1. The topological polar surface area (TPSA) is 80.5 Å². The van der Waals surface area contributed by atoms with Gasteiger partial charge in [-0.25, -0.2) is 4.98 Å². The van der Waals surface area contributed by atoms with Gasteiger partial charge in [-0.15, -0.1) is 0 Å². The van der Waals surface area contributed by atoms with E-state index in [0.29, 0.717) is 23.5 Å². The van der Waals surface area contributed by atoms with Crippen molar-refractivity contribution in [3.63, 3.8) is 0 Å². The fourth-order valence-corrected chi connectivity index (χ4v) is 1.41. The molecule has 6 heteroatoms. The SMILES string of the molecule is Cc1cc(N(C=O)/C=C(/CO)N(C)C)ncc1C#N. The molecule has 0 bridgehead atoms. The van der Waals surface area contributed by atoms with Crippen molar-refractivity contribution in [2.24, 2.45) is 0 Å². The smallest absolute Gasteiger partial charge is 0.219 e. The summed E-state index contributed by atoms with van der Waals surface area (Å²) < 4.78 is 0. The fraction of sp³-hybridized carbons (Fsp3) is 0.308. The molecule has 0 saturated carbocycles. The molecule has 0 atom stereocenters. The number of anilines is 1. The molecule has 0 saturated heterocycles. The van der Waals surface area contributed by atoms with E-state index in [0.717, 1.165) is 5.56 Å². The summed E-state index contributed by atoms with van der Waals surface area (Å²) in [6.07, 6.45) is 3.52. The maximum atomic E-state index is 11.1. The zero-order valence-corrected chi connectivity index (χ0v) is 11.2. The van der Waals surface area contributed by atoms with E-state index in [2.05, 4.69) is 4.98 Å². The van der Waals surface area contributed by atoms with Crippen LogP contribution in [0.4, 0.5) is 5.82 Å². The predicted octanol–water partition coefficient (Wildman–Crippen LogP) is 0.620. The summed E-state index contributed by atoms with van der Waals surface area (Å²) in [7, 11) is 3.53. The van der Waals surface area contributed by atoms with E-state index in [9.17, 15) is 9.90 Å². The number of aryl methyl sites for hydroxylation is 1. The highest BCUT2D eigenvalue weighted by atomic mass is 16.3. The van der Waals surface area contributed by atoms with E-state index in [4.69, 9.17) is 5.26 Å². The van der Waals surface area contributed by atoms with Gasteiger partial charge in [0.25, 0.3) is 0 Å². The van der Waals surface area contributed by atoms with Crippen LogP contribution in [0, 0.1) is 18.3 Å². The Labute approximate surface area is 112 Å². The van der Waals surface area contributed by atoms with Crippen molar-refractivity contribution >= 4 is 12.2 Å². The Morgan fingerprint density at radius 2 is 2.26 bits per heavy atom. The van der Waals surface area contributed by atoms with Crippen molar-refractivity contribution in [1.29, 1.82) is 5.26 Å². The van der Waals surface area contributed by atoms with Crippen LogP contribution >= 0.6 is 0 Å². The van der Waals surface area contributed by atoms with Gasteiger partial charge in [0.05, 0.1) is 17.9 Å². The number of carbonyl (C=O) groups is 1. The lowest BCUT2D eigenvalue weighted by Gasteiger charge is -2.19. The molecule has 1 N–H and O–H groups in total. The molecule has 1 aromatic rings. The third-order valence-corrected chi connectivity index (χ3v) is 2.62. The zero-order valence-electron chi connectivity index (χ0n) is 11.2. The summed E-state index contributed by atoms with van der Waals surface area (Å²) >= 11 is 0. The summed E-state index contributed by atoms with van der Waals surface area (Å²) in [6.45, 7) is 1.59. The summed E-state index contributed by atoms with van der Waals surface area (Å²) in [6, 6.07) is 3.66. The highest BCUT2D eigenvalue weighted by Crippen LogP contribution is 2.15. The first kappa shape index (κ1) is 14.7. The molecule has 0 aromatic carbocycles. The number of aliphatic hydroxyl groups is 1. The van der Waals surface area contributed by atoms with Gasteiger partial charge >= 0.3 is 0 Å². The molecule has 1 heterocycles. The number of carbonyl (C=O) groups excluding carboxylic acids is 1. The third kappa shape index (κ3) is 3.53. The van der Waals surface area contributed by atoms with Crippen LogP contribution in [0.15, 0.2) is 24.2 Å². The molecular formula is C13H16N4O2. The Hall–Kier alpha value is -2.39. The number of pyridine rings is 1. The molecule has 1 amide bonds. The van der Waals surface area contributed by atoms with E-state index in [1.54, 1.807) is 32.0 Å². The Morgan fingerprint density at radius 3 is 2.68 bits per heavy atom. The van der Waals surface area contributed by atoms with Gasteiger partial charge in [-0.1, -0.05) is 0 Å². The summed E-state index contributed by atoms with van der Waals surface area (Å²) in [5.41, 5.74) is 1.77. The Bertz CT molecular complexity index is 532. The van der Waals surface area contributed by atoms with Crippen molar-refractivity contribution in [3.05, 3.63) is 35.3 Å². The fourth-order valence-electron chi connectivity index (χ4n) is 1.41. The van der Waals surface area contributed by atoms with Crippen LogP contribution in [-0.4, -0.2) is 42.1 Å². The second-order valence-corrected chi connectivity index (χ2v) is 4.15. The molecule has 0 spiro atoms. The maximum Gasteiger partial charge on any atom is 0.219 e. The second kappa shape index (κ2) is 6.52. The number of aromatic nitrogens is 1. The van der Waals surface area contributed by atoms with Gasteiger partial charge in [-0.05, 0) is 18.6 Å². The molecule has 0 radical (unpaired) electrons. The number of amides is 1. The lowest BCUT2D eigenvalue weighted by Crippen LogP contribution is -2.22. The van der Waals surface area contributed by atoms with E-state index >= 15 is 0 Å². The van der Waals surface area contributed by atoms with Gasteiger partial charge in [0.1, 0.15) is 11.9 Å². The molecule has 0 unspecified atom stereocenters. The first-order chi connectivity index (χ1) is 9.03. The Kier molecular flexibility index (Phi) is 5.03. The summed E-state index contributed by atoms with van der Waals surface area (Å²) in [5.74, 6) is 0.402. The normalized spacial score (nSPS) is 10.8. The predicted molar refractivity (Wildman–Crippen MR) is 71.1 cm³/mol. The van der Waals surface area contributed by atoms with Crippen molar-refractivity contribution in [1.82, 2.24) is 9.88 Å². The largest absolute Gasteiger partial charge is 0.390 e. The number of rotatable bonds is 5. The lowest BCUT2D eigenvalue weighted by atomic mass is 10.2. The van der Waals surface area contributed by atoms with Gasteiger partial charge in [-0.3, -0.25) is 9.69 Å². The average molecular weight is 260 g/mol. The average Bonchev–Trinajstić information content (AvgIpc) is 2.39. The highest BCUT2D eigenvalue weighted by Gasteiger charge is 2.09. The molecule has 1 rings (SSSR count). The Balaban J connectivity index is 3.14. The number of hydrogen-bond donors (Lipinski definition) is 1. The van der Waals surface area contributed by atoms with Crippen LogP contribution in [-0.2, 0) is 4.79 Å². The minimum atomic E-state index is -0.188. The van der Waals surface area contributed by atoms with Crippen molar-refractivity contribution in [2.75, 3.05) is 25.6 Å². The molecule has 6 nitrogen and oxygen atoms in total. The minimum absolute atomic E-state index is 0.188. The van der Waals surface area contributed by atoms with Crippen molar-refractivity contribution in [2.45, 2.75) is 6.92 Å². The van der Waals surface area contributed by atoms with E-state index in [1.165, 1.54) is 17.3 Å². The van der Waals surface area contributed by atoms with Crippen LogP contribution in [0.3, 0.4) is 0 Å². The summed E-state index contributed by atoms with van der Waals surface area (Å²) in [4.78, 5) is 18.1. The molecule has 0 aliphatic carbocycles. The molecule has 1 aromatic heterocycles. The second-order valence-electron chi connectivity index (χ2n) is 4.15. The Morgan fingerprint density at radius 1 is 1.58 bits per heavy atom. The maximum absolute atomic E-state index is 11.1. The number of aliphatic hydroxyl groups excluding tert-OH is 1. The van der Waals surface area contributed by atoms with Crippen LogP contribution in [0.5, 0.6) is 0 Å². The first-order valence-corrected chi connectivity index (χ1v) is 5.62. The molecule has 100 valence electrons. The molecule has 0 aliphatic heterocycles. The summed E-state index contributed by atoms with van der Waals surface area (Å²) in [5, 5.41) is 18.0. The van der Waals surface area contributed by atoms with Crippen molar-refractivity contribution in [3.8, 4) is 6.07 Å². The molecule has 19 heavy (non-hydrogen) atoms. The first-order valence-electron chi connectivity index (χ1n) is 5.62. The van der Waals surface area contributed by atoms with Crippen LogP contribution in [0.2, 0.25) is 0 Å². The number of nitrogens with zero attached hydrogens (tertiary/aromatic N) is 4. The minimum Gasteiger partial charge on any atom is -0.390 e. The number of nitriles is 1. The van der Waals surface area contributed by atoms with E-state index in [-0.39, 0.29) is 6.61 Å². The lowest BCUT2D eigenvalue weighted by molar-refractivity contribution is -0.107. The van der Waals surface area contributed by atoms with Crippen LogP contribution in [0.1, 0.15) is 11.1 Å². The highest BCUT2D eigenvalue weighted by molar-refractivity contribution is 5.76. The monoisotopic (exact) mass is 260 g/mol. The van der Waals surface area contributed by atoms with Crippen LogP contribution < -0.4 is 4.90 Å². The molecule has 0 aliphatic rings.